The number of primary sulfonamides is 1. The highest BCUT2D eigenvalue weighted by atomic mass is 32.2. The lowest BCUT2D eigenvalue weighted by Gasteiger charge is -2.30. The third-order valence-corrected chi connectivity index (χ3v) is 8.27. The van der Waals surface area contributed by atoms with Crippen LogP contribution in [0.2, 0.25) is 0 Å². The highest BCUT2D eigenvalue weighted by Gasteiger charge is 2.27. The average Bonchev–Trinajstić information content (AvgIpc) is 3.03. The molecule has 0 saturated heterocycles. The van der Waals surface area contributed by atoms with Crippen molar-refractivity contribution in [2.45, 2.75) is 63.5 Å². The minimum atomic E-state index is -4.26. The van der Waals surface area contributed by atoms with Crippen molar-refractivity contribution >= 4 is 27.7 Å². The summed E-state index contributed by atoms with van der Waals surface area (Å²) in [5, 5.41) is 21.3. The van der Waals surface area contributed by atoms with Gasteiger partial charge in [-0.1, -0.05) is 81.4 Å². The highest BCUT2D eigenvalue weighted by Crippen LogP contribution is 2.18. The van der Waals surface area contributed by atoms with E-state index in [-0.39, 0.29) is 41.3 Å². The fourth-order valence-electron chi connectivity index (χ4n) is 5.06. The molecule has 3 amide bonds. The van der Waals surface area contributed by atoms with Crippen molar-refractivity contribution in [2.75, 3.05) is 26.2 Å². The quantitative estimate of drug-likeness (QED) is 0.163. The molecule has 3 aromatic rings. The van der Waals surface area contributed by atoms with Crippen LogP contribution in [-0.2, 0) is 27.7 Å². The maximum Gasteiger partial charge on any atom is 0.253 e. The van der Waals surface area contributed by atoms with Gasteiger partial charge in [0.2, 0.25) is 15.9 Å². The van der Waals surface area contributed by atoms with E-state index in [1.165, 1.54) is 12.1 Å². The van der Waals surface area contributed by atoms with Crippen LogP contribution in [0.5, 0.6) is 0 Å². The van der Waals surface area contributed by atoms with Gasteiger partial charge in [-0.05, 0) is 48.6 Å². The molecule has 2 atom stereocenters. The number of amides is 3. The van der Waals surface area contributed by atoms with Gasteiger partial charge in [-0.15, -0.1) is 0 Å². The number of aliphatic hydroxyl groups excluding tert-OH is 1. The first kappa shape index (κ1) is 36.4. The summed E-state index contributed by atoms with van der Waals surface area (Å²) in [6.07, 6.45) is 0.661. The molecule has 46 heavy (non-hydrogen) atoms. The van der Waals surface area contributed by atoms with Crippen LogP contribution >= 0.6 is 0 Å². The van der Waals surface area contributed by atoms with E-state index in [4.69, 9.17) is 5.14 Å². The van der Waals surface area contributed by atoms with Gasteiger partial charge in [0.15, 0.2) is 0 Å². The van der Waals surface area contributed by atoms with E-state index in [0.717, 1.165) is 17.2 Å². The maximum atomic E-state index is 13.7. The van der Waals surface area contributed by atoms with Crippen molar-refractivity contribution in [1.82, 2.24) is 20.7 Å². The predicted molar refractivity (Wildman–Crippen MR) is 177 cm³/mol. The number of carbonyl (C=O) groups is 3. The Hall–Kier alpha value is -4.10. The molecule has 12 heteroatoms. The van der Waals surface area contributed by atoms with Crippen LogP contribution in [0.15, 0.2) is 83.8 Å². The zero-order valence-electron chi connectivity index (χ0n) is 26.7. The monoisotopic (exact) mass is 651 g/mol. The van der Waals surface area contributed by atoms with E-state index >= 15 is 0 Å². The molecule has 0 aromatic heterocycles. The van der Waals surface area contributed by atoms with Gasteiger partial charge >= 0.3 is 0 Å². The number of rotatable bonds is 17. The molecule has 5 N–H and O–H groups in total. The summed E-state index contributed by atoms with van der Waals surface area (Å²) in [7, 11) is -4.26. The number of nitrogens with two attached hydrogens (primary N) is 1. The van der Waals surface area contributed by atoms with Crippen LogP contribution in [0.4, 0.5) is 0 Å². The van der Waals surface area contributed by atoms with Crippen molar-refractivity contribution in [2.24, 2.45) is 5.14 Å². The molecule has 3 rings (SSSR count). The van der Waals surface area contributed by atoms with Gasteiger partial charge in [0, 0.05) is 37.3 Å². The molecule has 3 aromatic carbocycles. The minimum absolute atomic E-state index is 0.00123. The third kappa shape index (κ3) is 11.1. The summed E-state index contributed by atoms with van der Waals surface area (Å²) >= 11 is 0. The first-order chi connectivity index (χ1) is 21.9. The summed E-state index contributed by atoms with van der Waals surface area (Å²) in [4.78, 5) is 41.0. The summed E-state index contributed by atoms with van der Waals surface area (Å²) in [5.41, 5.74) is 4.45. The van der Waals surface area contributed by atoms with E-state index < -0.39 is 34.0 Å². The number of hydrazine groups is 1. The molecule has 11 nitrogen and oxygen atoms in total. The van der Waals surface area contributed by atoms with E-state index in [1.807, 2.05) is 81.4 Å². The summed E-state index contributed by atoms with van der Waals surface area (Å²) in [5.74, 6) is -1.34. The lowest BCUT2D eigenvalue weighted by Crippen LogP contribution is -2.53. The standard InChI is InChI=1S/C34H45N5O6S/c1-4-17-38(18-5-2)34(43)28-21-27(22-29(23-28)46(35,44)45)33(42)36-30(19-25-13-9-7-10-14-25)31(40)24-39(6-3)37-32(41)20-26-15-11-8-12-16-26/h7-16,21-23,30-31,40H,4-6,17-20,24H2,1-3H3,(H,36,42)(H,37,41)(H2,35,44,45). The molecular weight excluding hydrogens is 606 g/mol. The van der Waals surface area contributed by atoms with Gasteiger partial charge < -0.3 is 15.3 Å². The number of sulfonamides is 1. The third-order valence-electron chi connectivity index (χ3n) is 7.38. The second-order valence-corrected chi connectivity index (χ2v) is 12.7. The van der Waals surface area contributed by atoms with E-state index in [0.29, 0.717) is 32.5 Å². The number of hydrogen-bond donors (Lipinski definition) is 4. The average molecular weight is 652 g/mol. The topological polar surface area (TPSA) is 162 Å². The minimum Gasteiger partial charge on any atom is -0.390 e. The smallest absolute Gasteiger partial charge is 0.253 e. The Morgan fingerprint density at radius 1 is 0.848 bits per heavy atom. The zero-order chi connectivity index (χ0) is 33.7. The van der Waals surface area contributed by atoms with Gasteiger partial charge in [0.05, 0.1) is 23.5 Å². The maximum absolute atomic E-state index is 13.7. The van der Waals surface area contributed by atoms with Crippen molar-refractivity contribution in [3.63, 3.8) is 0 Å². The molecule has 0 aliphatic carbocycles. The Bertz CT molecular complexity index is 1550. The molecule has 2 unspecified atom stereocenters. The second kappa shape index (κ2) is 17.6. The van der Waals surface area contributed by atoms with Gasteiger partial charge in [-0.25, -0.2) is 18.6 Å². The number of hydrogen-bond acceptors (Lipinski definition) is 7. The number of likely N-dealkylation sites (N-methyl/N-ethyl adjacent to an activating group) is 1. The van der Waals surface area contributed by atoms with Crippen molar-refractivity contribution in [1.29, 1.82) is 0 Å². The molecule has 248 valence electrons. The molecule has 0 bridgehead atoms. The van der Waals surface area contributed by atoms with Crippen LogP contribution in [0.1, 0.15) is 65.5 Å². The summed E-state index contributed by atoms with van der Waals surface area (Å²) in [6, 6.07) is 21.3. The summed E-state index contributed by atoms with van der Waals surface area (Å²) < 4.78 is 24.7. The van der Waals surface area contributed by atoms with Crippen LogP contribution in [0, 0.1) is 0 Å². The van der Waals surface area contributed by atoms with Gasteiger partial charge in [-0.3, -0.25) is 19.8 Å². The first-order valence-electron chi connectivity index (χ1n) is 15.5. The lowest BCUT2D eigenvalue weighted by molar-refractivity contribution is -0.125. The number of carbonyl (C=O) groups excluding carboxylic acids is 3. The van der Waals surface area contributed by atoms with Crippen molar-refractivity contribution < 1.29 is 27.9 Å². The number of nitrogens with zero attached hydrogens (tertiary/aromatic N) is 2. The molecule has 0 aliphatic rings. The van der Waals surface area contributed by atoms with Crippen molar-refractivity contribution in [3.8, 4) is 0 Å². The molecule has 0 spiro atoms. The molecule has 0 fully saturated rings. The SMILES string of the molecule is CCCN(CCC)C(=O)c1cc(C(=O)NC(Cc2ccccc2)C(O)CN(CC)NC(=O)Cc2ccccc2)cc(S(N)(=O)=O)c1. The fraction of sp³-hybridized carbons (Fsp3) is 0.382. The van der Waals surface area contributed by atoms with Crippen molar-refractivity contribution in [3.05, 3.63) is 101 Å². The Kier molecular flexibility index (Phi) is 13.9. The van der Waals surface area contributed by atoms with Crippen LogP contribution in [0.25, 0.3) is 0 Å². The van der Waals surface area contributed by atoms with E-state index in [9.17, 15) is 27.9 Å². The largest absolute Gasteiger partial charge is 0.390 e. The second-order valence-electron chi connectivity index (χ2n) is 11.2. The molecule has 0 saturated carbocycles. The number of benzene rings is 3. The number of aliphatic hydroxyl groups is 1. The van der Waals surface area contributed by atoms with E-state index in [2.05, 4.69) is 10.7 Å². The van der Waals surface area contributed by atoms with Crippen LogP contribution < -0.4 is 15.9 Å². The van der Waals surface area contributed by atoms with Crippen LogP contribution in [-0.4, -0.2) is 79.5 Å². The Labute approximate surface area is 271 Å². The van der Waals surface area contributed by atoms with Crippen LogP contribution in [0.3, 0.4) is 0 Å². The Morgan fingerprint density at radius 3 is 1.96 bits per heavy atom. The summed E-state index contributed by atoms with van der Waals surface area (Å²) in [6.45, 7) is 7.02. The molecule has 0 radical (unpaired) electrons. The lowest BCUT2D eigenvalue weighted by atomic mass is 10.00. The Balaban J connectivity index is 1.87. The first-order valence-corrected chi connectivity index (χ1v) is 17.1. The number of nitrogens with one attached hydrogen (secondary N) is 2. The predicted octanol–water partition coefficient (Wildman–Crippen LogP) is 2.89. The Morgan fingerprint density at radius 2 is 1.41 bits per heavy atom. The highest BCUT2D eigenvalue weighted by molar-refractivity contribution is 7.89. The normalized spacial score (nSPS) is 12.7. The zero-order valence-corrected chi connectivity index (χ0v) is 27.5. The fourth-order valence-corrected chi connectivity index (χ4v) is 5.64. The van der Waals surface area contributed by atoms with Gasteiger partial charge in [0.1, 0.15) is 0 Å². The van der Waals surface area contributed by atoms with E-state index in [1.54, 1.807) is 9.91 Å². The van der Waals surface area contributed by atoms with Gasteiger partial charge in [-0.2, -0.15) is 0 Å². The molecular formula is C34H45N5O6S. The molecule has 0 aliphatic heterocycles. The molecule has 0 heterocycles. The van der Waals surface area contributed by atoms with Gasteiger partial charge in [0.25, 0.3) is 11.8 Å².